The van der Waals surface area contributed by atoms with Crippen LogP contribution in [0, 0.1) is 14.9 Å². The van der Waals surface area contributed by atoms with Crippen molar-refractivity contribution in [1.82, 2.24) is 19.4 Å². The second-order valence-electron chi connectivity index (χ2n) is 6.97. The molecule has 0 atom stereocenters. The summed E-state index contributed by atoms with van der Waals surface area (Å²) < 4.78 is 1.64. The predicted octanol–water partition coefficient (Wildman–Crippen LogP) is 1.86. The molecule has 10 nitrogen and oxygen atoms in total. The first kappa shape index (κ1) is 19.7. The van der Waals surface area contributed by atoms with Crippen molar-refractivity contribution >= 4 is 40.5 Å². The summed E-state index contributed by atoms with van der Waals surface area (Å²) in [6.45, 7) is 2.10. The number of piperazine rings is 1. The summed E-state index contributed by atoms with van der Waals surface area (Å²) >= 11 is 5.15. The third kappa shape index (κ3) is 3.54. The number of nitro groups is 1. The number of aromatic nitrogens is 3. The highest BCUT2D eigenvalue weighted by atomic mass is 32.1. The van der Waals surface area contributed by atoms with Gasteiger partial charge in [0.2, 0.25) is 0 Å². The fourth-order valence-corrected chi connectivity index (χ4v) is 3.63. The van der Waals surface area contributed by atoms with Gasteiger partial charge in [-0.1, -0.05) is 0 Å². The SMILES string of the molecule is Cn1c(=S)[nH]c2cc(C(=O)N3CCN(c4ccc([N+](=O)[O-])cn4)CC3)ccc2c1=O. The lowest BCUT2D eigenvalue weighted by molar-refractivity contribution is -0.385. The number of amides is 1. The van der Waals surface area contributed by atoms with Crippen LogP contribution in [0.1, 0.15) is 10.4 Å². The van der Waals surface area contributed by atoms with Crippen molar-refractivity contribution in [3.63, 3.8) is 0 Å². The molecule has 1 saturated heterocycles. The van der Waals surface area contributed by atoms with E-state index in [1.54, 1.807) is 36.2 Å². The largest absolute Gasteiger partial charge is 0.353 e. The van der Waals surface area contributed by atoms with E-state index < -0.39 is 4.92 Å². The van der Waals surface area contributed by atoms with E-state index in [9.17, 15) is 19.7 Å². The molecule has 4 rings (SSSR count). The van der Waals surface area contributed by atoms with E-state index in [4.69, 9.17) is 12.2 Å². The molecule has 0 saturated carbocycles. The summed E-state index contributed by atoms with van der Waals surface area (Å²) in [5.74, 6) is 0.509. The number of nitrogens with zero attached hydrogens (tertiary/aromatic N) is 5. The van der Waals surface area contributed by atoms with Crippen LogP contribution < -0.4 is 10.5 Å². The molecule has 30 heavy (non-hydrogen) atoms. The molecule has 1 N–H and O–H groups in total. The third-order valence-electron chi connectivity index (χ3n) is 5.18. The highest BCUT2D eigenvalue weighted by molar-refractivity contribution is 7.71. The molecule has 11 heteroatoms. The summed E-state index contributed by atoms with van der Waals surface area (Å²) in [4.78, 5) is 46.3. The molecule has 3 aromatic rings. The van der Waals surface area contributed by atoms with Gasteiger partial charge < -0.3 is 14.8 Å². The van der Waals surface area contributed by atoms with Crippen molar-refractivity contribution < 1.29 is 9.72 Å². The number of carbonyl (C=O) groups is 1. The van der Waals surface area contributed by atoms with Crippen molar-refractivity contribution in [3.05, 3.63) is 67.3 Å². The maximum absolute atomic E-state index is 12.9. The molecule has 154 valence electrons. The molecule has 0 radical (unpaired) electrons. The molecule has 0 spiro atoms. The second kappa shape index (κ2) is 7.67. The Morgan fingerprint density at radius 2 is 1.93 bits per heavy atom. The zero-order chi connectivity index (χ0) is 21.4. The van der Waals surface area contributed by atoms with E-state index in [-0.39, 0.29) is 17.2 Å². The number of benzene rings is 1. The fourth-order valence-electron chi connectivity index (χ4n) is 3.43. The first-order valence-corrected chi connectivity index (χ1v) is 9.64. The average molecular weight is 426 g/mol. The number of pyridine rings is 1. The van der Waals surface area contributed by atoms with Gasteiger partial charge in [0.05, 0.1) is 15.8 Å². The van der Waals surface area contributed by atoms with Gasteiger partial charge in [-0.05, 0) is 36.5 Å². The van der Waals surface area contributed by atoms with E-state index in [1.807, 2.05) is 4.90 Å². The lowest BCUT2D eigenvalue weighted by Gasteiger charge is -2.35. The van der Waals surface area contributed by atoms with Gasteiger partial charge in [0.15, 0.2) is 4.77 Å². The van der Waals surface area contributed by atoms with Gasteiger partial charge in [0, 0.05) is 44.9 Å². The van der Waals surface area contributed by atoms with Crippen molar-refractivity contribution in [1.29, 1.82) is 0 Å². The van der Waals surface area contributed by atoms with E-state index >= 15 is 0 Å². The Labute approximate surface area is 175 Å². The zero-order valence-electron chi connectivity index (χ0n) is 16.1. The lowest BCUT2D eigenvalue weighted by atomic mass is 10.1. The molecule has 1 aliphatic heterocycles. The Morgan fingerprint density at radius 1 is 1.20 bits per heavy atom. The van der Waals surface area contributed by atoms with E-state index in [0.29, 0.717) is 53.2 Å². The predicted molar refractivity (Wildman–Crippen MR) is 113 cm³/mol. The van der Waals surface area contributed by atoms with Gasteiger partial charge in [-0.3, -0.25) is 24.3 Å². The van der Waals surface area contributed by atoms with E-state index in [1.165, 1.54) is 16.8 Å². The molecule has 0 unspecified atom stereocenters. The number of hydrogen-bond donors (Lipinski definition) is 1. The van der Waals surface area contributed by atoms with Gasteiger partial charge in [-0.15, -0.1) is 0 Å². The first-order chi connectivity index (χ1) is 14.3. The third-order valence-corrected chi connectivity index (χ3v) is 5.56. The molecule has 0 aliphatic carbocycles. The summed E-state index contributed by atoms with van der Waals surface area (Å²) in [6, 6.07) is 7.96. The molecule has 1 aliphatic rings. The number of fused-ring (bicyclic) bond motifs is 1. The normalized spacial score (nSPS) is 14.2. The second-order valence-corrected chi connectivity index (χ2v) is 7.35. The molecule has 1 fully saturated rings. The topological polar surface area (TPSA) is 117 Å². The minimum absolute atomic E-state index is 0.0576. The minimum atomic E-state index is -0.487. The number of nitrogens with one attached hydrogen (secondary N) is 1. The van der Waals surface area contributed by atoms with Gasteiger partial charge >= 0.3 is 0 Å². The van der Waals surface area contributed by atoms with Crippen LogP contribution in [0.2, 0.25) is 0 Å². The van der Waals surface area contributed by atoms with Crippen LogP contribution in [0.5, 0.6) is 0 Å². The number of rotatable bonds is 3. The van der Waals surface area contributed by atoms with Crippen LogP contribution in [-0.2, 0) is 7.05 Å². The molecule has 2 aromatic heterocycles. The molecule has 1 amide bonds. The number of anilines is 1. The average Bonchev–Trinajstić information content (AvgIpc) is 2.77. The van der Waals surface area contributed by atoms with Crippen molar-refractivity contribution in [2.75, 3.05) is 31.1 Å². The molecule has 3 heterocycles. The minimum Gasteiger partial charge on any atom is -0.353 e. The van der Waals surface area contributed by atoms with Crippen LogP contribution >= 0.6 is 12.2 Å². The zero-order valence-corrected chi connectivity index (χ0v) is 16.9. The van der Waals surface area contributed by atoms with Crippen molar-refractivity contribution in [2.45, 2.75) is 0 Å². The Kier molecular flexibility index (Phi) is 5.04. The van der Waals surface area contributed by atoms with E-state index in [2.05, 4.69) is 9.97 Å². The number of aromatic amines is 1. The lowest BCUT2D eigenvalue weighted by Crippen LogP contribution is -2.49. The molecule has 1 aromatic carbocycles. The Hall–Kier alpha value is -3.60. The maximum atomic E-state index is 12.9. The van der Waals surface area contributed by atoms with Gasteiger partial charge in [-0.2, -0.15) is 0 Å². The summed E-state index contributed by atoms with van der Waals surface area (Å²) in [5, 5.41) is 11.2. The highest BCUT2D eigenvalue weighted by Crippen LogP contribution is 2.19. The van der Waals surface area contributed by atoms with Gasteiger partial charge in [0.1, 0.15) is 12.0 Å². The monoisotopic (exact) mass is 426 g/mol. The Bertz CT molecular complexity index is 1260. The van der Waals surface area contributed by atoms with Crippen molar-refractivity contribution in [2.24, 2.45) is 7.05 Å². The molecular weight excluding hydrogens is 408 g/mol. The Balaban J connectivity index is 1.49. The summed E-state index contributed by atoms with van der Waals surface area (Å²) in [7, 11) is 1.60. The van der Waals surface area contributed by atoms with Crippen LogP contribution in [-0.4, -0.2) is 56.4 Å². The first-order valence-electron chi connectivity index (χ1n) is 9.23. The maximum Gasteiger partial charge on any atom is 0.287 e. The quantitative estimate of drug-likeness (QED) is 0.386. The number of H-pyrrole nitrogens is 1. The molecular formula is C19H18N6O4S. The Morgan fingerprint density at radius 3 is 2.57 bits per heavy atom. The summed E-state index contributed by atoms with van der Waals surface area (Å²) in [5.41, 5.74) is 0.737. The number of carbonyl (C=O) groups excluding carboxylic acids is 1. The van der Waals surface area contributed by atoms with Crippen molar-refractivity contribution in [3.8, 4) is 0 Å². The van der Waals surface area contributed by atoms with Crippen LogP contribution in [0.3, 0.4) is 0 Å². The van der Waals surface area contributed by atoms with Crippen LogP contribution in [0.15, 0.2) is 41.3 Å². The smallest absolute Gasteiger partial charge is 0.287 e. The van der Waals surface area contributed by atoms with Gasteiger partial charge in [0.25, 0.3) is 17.2 Å². The van der Waals surface area contributed by atoms with Crippen LogP contribution in [0.4, 0.5) is 11.5 Å². The molecule has 0 bridgehead atoms. The standard InChI is InChI=1S/C19H18N6O4S/c1-22-18(27)14-4-2-12(10-15(14)21-19(22)30)17(26)24-8-6-23(7-9-24)16-5-3-13(11-20-16)25(28)29/h2-5,10-11H,6-9H2,1H3,(H,21,30). The fraction of sp³-hybridized carbons (Fsp3) is 0.263. The van der Waals surface area contributed by atoms with Crippen LogP contribution in [0.25, 0.3) is 10.9 Å². The highest BCUT2D eigenvalue weighted by Gasteiger charge is 2.23. The summed E-state index contributed by atoms with van der Waals surface area (Å²) in [6.07, 6.45) is 1.23. The van der Waals surface area contributed by atoms with Gasteiger partial charge in [-0.25, -0.2) is 4.98 Å². The van der Waals surface area contributed by atoms with E-state index in [0.717, 1.165) is 0 Å². The number of hydrogen-bond acceptors (Lipinski definition) is 7.